The minimum atomic E-state index is -3.84. The van der Waals surface area contributed by atoms with E-state index in [4.69, 9.17) is 14.3 Å². The zero-order chi connectivity index (χ0) is 21.3. The lowest BCUT2D eigenvalue weighted by Gasteiger charge is -2.36. The van der Waals surface area contributed by atoms with Crippen LogP contribution in [0.25, 0.3) is 11.5 Å². The number of rotatable bonds is 7. The molecule has 4 rings (SSSR count). The Kier molecular flexibility index (Phi) is 5.31. The van der Waals surface area contributed by atoms with Gasteiger partial charge in [-0.15, -0.1) is 0 Å². The Morgan fingerprint density at radius 3 is 2.50 bits per heavy atom. The minimum absolute atomic E-state index is 0.0322. The van der Waals surface area contributed by atoms with Crippen LogP contribution in [0.15, 0.2) is 63.9 Å². The van der Waals surface area contributed by atoms with E-state index >= 15 is 0 Å². The summed E-state index contributed by atoms with van der Waals surface area (Å²) in [6, 6.07) is 14.4. The monoisotopic (exact) mass is 428 g/mol. The Bertz CT molecular complexity index is 1160. The van der Waals surface area contributed by atoms with Gasteiger partial charge < -0.3 is 14.3 Å². The van der Waals surface area contributed by atoms with Crippen LogP contribution in [0.3, 0.4) is 0 Å². The maximum absolute atomic E-state index is 12.6. The fourth-order valence-electron chi connectivity index (χ4n) is 3.16. The standard InChI is InChI=1S/C21H20N2O6S/c1-14-18(22-20(29-14)15-5-3-2-4-6-15)13-28-16-7-9-17(10-8-16)30(26,27)23-12-11-19(23)21(24)25/h2-10,19H,11-13H2,1H3,(H,24,25)/t19-/m1/s1. The van der Waals surface area contributed by atoms with E-state index in [1.54, 1.807) is 6.92 Å². The lowest BCUT2D eigenvalue weighted by atomic mass is 10.1. The first-order valence-electron chi connectivity index (χ1n) is 9.35. The predicted octanol–water partition coefficient (Wildman–Crippen LogP) is 3.08. The highest BCUT2D eigenvalue weighted by Gasteiger charge is 2.42. The summed E-state index contributed by atoms with van der Waals surface area (Å²) >= 11 is 0. The molecule has 1 aromatic heterocycles. The van der Waals surface area contributed by atoms with Crippen LogP contribution in [-0.2, 0) is 21.4 Å². The Morgan fingerprint density at radius 1 is 1.20 bits per heavy atom. The molecular formula is C21H20N2O6S. The average molecular weight is 428 g/mol. The van der Waals surface area contributed by atoms with Crippen LogP contribution in [0.5, 0.6) is 5.75 Å². The molecule has 0 saturated carbocycles. The number of nitrogens with zero attached hydrogens (tertiary/aromatic N) is 2. The third kappa shape index (κ3) is 3.81. The van der Waals surface area contributed by atoms with Gasteiger partial charge in [0.15, 0.2) is 0 Å². The number of carboxylic acids is 1. The number of aryl methyl sites for hydroxylation is 1. The largest absolute Gasteiger partial charge is 0.487 e. The van der Waals surface area contributed by atoms with E-state index in [0.29, 0.717) is 29.5 Å². The van der Waals surface area contributed by atoms with Gasteiger partial charge in [0.05, 0.1) is 4.90 Å². The van der Waals surface area contributed by atoms with Gasteiger partial charge in [0.2, 0.25) is 15.9 Å². The first-order chi connectivity index (χ1) is 14.4. The maximum Gasteiger partial charge on any atom is 0.322 e. The summed E-state index contributed by atoms with van der Waals surface area (Å²) in [5, 5.41) is 9.09. The van der Waals surface area contributed by atoms with Crippen LogP contribution in [0, 0.1) is 6.92 Å². The molecule has 0 amide bonds. The van der Waals surface area contributed by atoms with Crippen molar-refractivity contribution in [3.05, 3.63) is 66.1 Å². The highest BCUT2D eigenvalue weighted by molar-refractivity contribution is 7.89. The lowest BCUT2D eigenvalue weighted by molar-refractivity contribution is -0.144. The van der Waals surface area contributed by atoms with Crippen LogP contribution in [0.1, 0.15) is 17.9 Å². The van der Waals surface area contributed by atoms with Gasteiger partial charge in [-0.25, -0.2) is 13.4 Å². The zero-order valence-electron chi connectivity index (χ0n) is 16.2. The van der Waals surface area contributed by atoms with E-state index < -0.39 is 22.0 Å². The molecule has 0 bridgehead atoms. The molecule has 1 aliphatic heterocycles. The second-order valence-electron chi connectivity index (χ2n) is 6.91. The molecule has 2 aromatic carbocycles. The van der Waals surface area contributed by atoms with Gasteiger partial charge >= 0.3 is 5.97 Å². The molecule has 1 atom stereocenters. The molecule has 0 aliphatic carbocycles. The van der Waals surface area contributed by atoms with E-state index in [-0.39, 0.29) is 18.0 Å². The molecule has 30 heavy (non-hydrogen) atoms. The van der Waals surface area contributed by atoms with Gasteiger partial charge in [-0.3, -0.25) is 4.79 Å². The number of carbonyl (C=O) groups is 1. The number of sulfonamides is 1. The van der Waals surface area contributed by atoms with Crippen molar-refractivity contribution in [1.82, 2.24) is 9.29 Å². The quantitative estimate of drug-likeness (QED) is 0.616. The Balaban J connectivity index is 1.44. The van der Waals surface area contributed by atoms with Gasteiger partial charge in [-0.2, -0.15) is 4.31 Å². The third-order valence-electron chi connectivity index (χ3n) is 4.97. The second-order valence-corrected chi connectivity index (χ2v) is 8.80. The first kappa shape index (κ1) is 20.1. The normalized spacial score (nSPS) is 16.8. The number of aromatic nitrogens is 1. The smallest absolute Gasteiger partial charge is 0.322 e. The van der Waals surface area contributed by atoms with Crippen molar-refractivity contribution in [2.45, 2.75) is 30.9 Å². The van der Waals surface area contributed by atoms with Crippen LogP contribution >= 0.6 is 0 Å². The van der Waals surface area contributed by atoms with Crippen molar-refractivity contribution in [2.75, 3.05) is 6.54 Å². The van der Waals surface area contributed by atoms with Crippen molar-refractivity contribution < 1.29 is 27.5 Å². The Hall–Kier alpha value is -3.17. The second kappa shape index (κ2) is 7.92. The van der Waals surface area contributed by atoms with Crippen molar-refractivity contribution in [3.63, 3.8) is 0 Å². The highest BCUT2D eigenvalue weighted by Crippen LogP contribution is 2.28. The van der Waals surface area contributed by atoms with E-state index in [1.807, 2.05) is 30.3 Å². The molecule has 0 radical (unpaired) electrons. The summed E-state index contributed by atoms with van der Waals surface area (Å²) in [4.78, 5) is 15.6. The van der Waals surface area contributed by atoms with Crippen LogP contribution in [-0.4, -0.2) is 41.4 Å². The molecule has 0 unspecified atom stereocenters. The number of benzene rings is 2. The summed E-state index contributed by atoms with van der Waals surface area (Å²) in [6.45, 7) is 2.17. The molecule has 9 heteroatoms. The van der Waals surface area contributed by atoms with Crippen LogP contribution in [0.4, 0.5) is 0 Å². The van der Waals surface area contributed by atoms with Crippen molar-refractivity contribution in [2.24, 2.45) is 0 Å². The molecule has 1 N–H and O–H groups in total. The fourth-order valence-corrected chi connectivity index (χ4v) is 4.79. The van der Waals surface area contributed by atoms with Gasteiger partial charge in [0.1, 0.15) is 29.9 Å². The molecule has 1 aliphatic rings. The molecule has 0 spiro atoms. The minimum Gasteiger partial charge on any atom is -0.487 e. The van der Waals surface area contributed by atoms with E-state index in [2.05, 4.69) is 4.98 Å². The Morgan fingerprint density at radius 2 is 1.90 bits per heavy atom. The number of hydrogen-bond donors (Lipinski definition) is 1. The SMILES string of the molecule is Cc1oc(-c2ccccc2)nc1COc1ccc(S(=O)(=O)N2CC[C@@H]2C(=O)O)cc1. The summed E-state index contributed by atoms with van der Waals surface area (Å²) < 4.78 is 37.6. The zero-order valence-corrected chi connectivity index (χ0v) is 17.0. The van der Waals surface area contributed by atoms with Gasteiger partial charge in [0, 0.05) is 12.1 Å². The molecule has 2 heterocycles. The summed E-state index contributed by atoms with van der Waals surface area (Å²) in [5.74, 6) is 0.486. The van der Waals surface area contributed by atoms with Crippen molar-refractivity contribution >= 4 is 16.0 Å². The molecule has 3 aromatic rings. The maximum atomic E-state index is 12.6. The van der Waals surface area contributed by atoms with Crippen molar-refractivity contribution in [3.8, 4) is 17.2 Å². The summed E-state index contributed by atoms with van der Waals surface area (Å²) in [5.41, 5.74) is 1.52. The van der Waals surface area contributed by atoms with E-state index in [1.165, 1.54) is 24.3 Å². The number of oxazole rings is 1. The van der Waals surface area contributed by atoms with Crippen LogP contribution in [0.2, 0.25) is 0 Å². The topological polar surface area (TPSA) is 110 Å². The lowest BCUT2D eigenvalue weighted by Crippen LogP contribution is -2.54. The number of aliphatic carboxylic acids is 1. The van der Waals surface area contributed by atoms with Crippen LogP contribution < -0.4 is 4.74 Å². The summed E-state index contributed by atoms with van der Waals surface area (Å²) in [6.07, 6.45) is 0.317. The molecule has 1 fully saturated rings. The molecule has 156 valence electrons. The van der Waals surface area contributed by atoms with E-state index in [0.717, 1.165) is 9.87 Å². The molecular weight excluding hydrogens is 408 g/mol. The Labute approximate surface area is 173 Å². The summed E-state index contributed by atoms with van der Waals surface area (Å²) in [7, 11) is -3.84. The van der Waals surface area contributed by atoms with E-state index in [9.17, 15) is 13.2 Å². The molecule has 1 saturated heterocycles. The van der Waals surface area contributed by atoms with Crippen molar-refractivity contribution in [1.29, 1.82) is 0 Å². The van der Waals surface area contributed by atoms with Gasteiger partial charge in [-0.1, -0.05) is 18.2 Å². The fraction of sp³-hybridized carbons (Fsp3) is 0.238. The van der Waals surface area contributed by atoms with Gasteiger partial charge in [0.25, 0.3) is 0 Å². The average Bonchev–Trinajstić information content (AvgIpc) is 3.06. The highest BCUT2D eigenvalue weighted by atomic mass is 32.2. The third-order valence-corrected chi connectivity index (χ3v) is 6.90. The van der Waals surface area contributed by atoms with Gasteiger partial charge in [-0.05, 0) is 49.7 Å². The predicted molar refractivity (Wildman–Crippen MR) is 107 cm³/mol. The molecule has 8 nitrogen and oxygen atoms in total. The number of hydrogen-bond acceptors (Lipinski definition) is 6. The first-order valence-corrected chi connectivity index (χ1v) is 10.8. The number of ether oxygens (including phenoxy) is 1. The number of carboxylic acid groups (broad SMARTS) is 1.